The lowest BCUT2D eigenvalue weighted by molar-refractivity contribution is -0.182. The number of aromatic nitrogens is 3. The van der Waals surface area contributed by atoms with Gasteiger partial charge >= 0.3 is 0 Å². The van der Waals surface area contributed by atoms with E-state index in [1.807, 2.05) is 0 Å². The molecule has 0 radical (unpaired) electrons. The molecular formula is C18H24N4O2S. The molecule has 0 bridgehead atoms. The second kappa shape index (κ2) is 7.35. The van der Waals surface area contributed by atoms with Crippen LogP contribution in [0.25, 0.3) is 0 Å². The Bertz CT molecular complexity index is 687. The molecule has 0 N–H and O–H groups in total. The lowest BCUT2D eigenvalue weighted by Gasteiger charge is -2.53. The van der Waals surface area contributed by atoms with Gasteiger partial charge in [-0.3, -0.25) is 9.88 Å². The molecule has 134 valence electrons. The van der Waals surface area contributed by atoms with E-state index in [9.17, 15) is 0 Å². The second-order valence-electron chi connectivity index (χ2n) is 7.10. The van der Waals surface area contributed by atoms with Gasteiger partial charge in [-0.2, -0.15) is 0 Å². The molecule has 4 rings (SSSR count). The van der Waals surface area contributed by atoms with Gasteiger partial charge in [-0.25, -0.2) is 9.97 Å². The molecule has 25 heavy (non-hydrogen) atoms. The van der Waals surface area contributed by atoms with Crippen LogP contribution in [0.2, 0.25) is 0 Å². The summed E-state index contributed by atoms with van der Waals surface area (Å²) in [6.07, 6.45) is 8.28. The van der Waals surface area contributed by atoms with Gasteiger partial charge in [-0.05, 0) is 32.1 Å². The standard InChI is InChI=1S/C18H24N4O2S/c1-14-11-25-17(21-14)10-22-12-18(13-22)8-15(3-7-24-18)2-6-23-16-9-19-4-5-20-16/h4-5,9,11,15H,2-3,6-8,10,12-13H2,1H3/t15-/m0/s1. The molecular weight excluding hydrogens is 336 g/mol. The van der Waals surface area contributed by atoms with Crippen molar-refractivity contribution in [3.8, 4) is 5.88 Å². The third-order valence-electron chi connectivity index (χ3n) is 4.96. The number of nitrogens with zero attached hydrogens (tertiary/aromatic N) is 4. The fourth-order valence-corrected chi connectivity index (χ4v) is 4.65. The molecule has 0 amide bonds. The SMILES string of the molecule is Cc1csc(CN2CC3(C[C@@H](CCOc4cnccn4)CCO3)C2)n1. The van der Waals surface area contributed by atoms with Crippen LogP contribution in [0.15, 0.2) is 24.0 Å². The van der Waals surface area contributed by atoms with Crippen molar-refractivity contribution in [2.75, 3.05) is 26.3 Å². The molecule has 2 fully saturated rings. The van der Waals surface area contributed by atoms with E-state index >= 15 is 0 Å². The maximum atomic E-state index is 6.15. The van der Waals surface area contributed by atoms with Gasteiger partial charge in [0.1, 0.15) is 5.01 Å². The van der Waals surface area contributed by atoms with Gasteiger partial charge in [0, 0.05) is 43.2 Å². The molecule has 0 saturated carbocycles. The molecule has 0 unspecified atom stereocenters. The van der Waals surface area contributed by atoms with E-state index in [1.54, 1.807) is 29.9 Å². The van der Waals surface area contributed by atoms with Crippen LogP contribution >= 0.6 is 11.3 Å². The van der Waals surface area contributed by atoms with Crippen LogP contribution in [-0.2, 0) is 11.3 Å². The van der Waals surface area contributed by atoms with E-state index in [0.29, 0.717) is 18.4 Å². The van der Waals surface area contributed by atoms with Gasteiger partial charge in [-0.1, -0.05) is 0 Å². The Morgan fingerprint density at radius 3 is 3.08 bits per heavy atom. The predicted octanol–water partition coefficient (Wildman–Crippen LogP) is 2.69. The lowest BCUT2D eigenvalue weighted by Crippen LogP contribution is -2.64. The maximum absolute atomic E-state index is 6.15. The van der Waals surface area contributed by atoms with Crippen molar-refractivity contribution in [2.45, 2.75) is 38.3 Å². The van der Waals surface area contributed by atoms with E-state index in [4.69, 9.17) is 9.47 Å². The van der Waals surface area contributed by atoms with E-state index in [0.717, 1.165) is 51.2 Å². The zero-order valence-electron chi connectivity index (χ0n) is 14.6. The fraction of sp³-hybridized carbons (Fsp3) is 0.611. The predicted molar refractivity (Wildman–Crippen MR) is 95.7 cm³/mol. The van der Waals surface area contributed by atoms with Crippen molar-refractivity contribution in [3.05, 3.63) is 34.7 Å². The monoisotopic (exact) mass is 360 g/mol. The Labute approximate surface area is 152 Å². The van der Waals surface area contributed by atoms with Crippen molar-refractivity contribution < 1.29 is 9.47 Å². The Kier molecular flexibility index (Phi) is 4.96. The zero-order chi connectivity index (χ0) is 17.1. The summed E-state index contributed by atoms with van der Waals surface area (Å²) in [5.74, 6) is 1.27. The number of hydrogen-bond donors (Lipinski definition) is 0. The fourth-order valence-electron chi connectivity index (χ4n) is 3.83. The second-order valence-corrected chi connectivity index (χ2v) is 8.04. The number of thiazole rings is 1. The first-order chi connectivity index (χ1) is 12.2. The van der Waals surface area contributed by atoms with E-state index in [1.165, 1.54) is 5.01 Å². The smallest absolute Gasteiger partial charge is 0.232 e. The highest BCUT2D eigenvalue weighted by Crippen LogP contribution is 2.38. The van der Waals surface area contributed by atoms with Crippen molar-refractivity contribution in [1.82, 2.24) is 19.9 Å². The van der Waals surface area contributed by atoms with Crippen molar-refractivity contribution in [2.24, 2.45) is 5.92 Å². The van der Waals surface area contributed by atoms with Crippen LogP contribution in [0.1, 0.15) is 30.0 Å². The Morgan fingerprint density at radius 1 is 1.40 bits per heavy atom. The van der Waals surface area contributed by atoms with Gasteiger partial charge in [0.05, 0.1) is 24.9 Å². The number of hydrogen-bond acceptors (Lipinski definition) is 7. The summed E-state index contributed by atoms with van der Waals surface area (Å²) in [4.78, 5) is 15.2. The maximum Gasteiger partial charge on any atom is 0.232 e. The van der Waals surface area contributed by atoms with Crippen molar-refractivity contribution in [3.63, 3.8) is 0 Å². The highest BCUT2D eigenvalue weighted by molar-refractivity contribution is 7.09. The van der Waals surface area contributed by atoms with Gasteiger partial charge in [0.2, 0.25) is 5.88 Å². The van der Waals surface area contributed by atoms with Gasteiger partial charge in [-0.15, -0.1) is 11.3 Å². The van der Waals surface area contributed by atoms with E-state index in [2.05, 4.69) is 32.2 Å². The summed E-state index contributed by atoms with van der Waals surface area (Å²) >= 11 is 1.75. The largest absolute Gasteiger partial charge is 0.477 e. The third kappa shape index (κ3) is 4.16. The molecule has 1 atom stereocenters. The number of rotatable bonds is 6. The van der Waals surface area contributed by atoms with Crippen LogP contribution in [0.5, 0.6) is 5.88 Å². The lowest BCUT2D eigenvalue weighted by atomic mass is 9.79. The molecule has 2 aliphatic heterocycles. The van der Waals surface area contributed by atoms with Crippen LogP contribution in [0.3, 0.4) is 0 Å². The quantitative estimate of drug-likeness (QED) is 0.789. The number of ether oxygens (including phenoxy) is 2. The van der Waals surface area contributed by atoms with Crippen LogP contribution < -0.4 is 4.74 Å². The Morgan fingerprint density at radius 2 is 2.32 bits per heavy atom. The first-order valence-electron chi connectivity index (χ1n) is 8.87. The third-order valence-corrected chi connectivity index (χ3v) is 5.91. The highest BCUT2D eigenvalue weighted by atomic mass is 32.1. The summed E-state index contributed by atoms with van der Waals surface area (Å²) in [5.41, 5.74) is 1.18. The van der Waals surface area contributed by atoms with Gasteiger partial charge in [0.25, 0.3) is 0 Å². The molecule has 2 aromatic heterocycles. The summed E-state index contributed by atoms with van der Waals surface area (Å²) in [7, 11) is 0. The molecule has 6 nitrogen and oxygen atoms in total. The minimum atomic E-state index is 0.0573. The number of likely N-dealkylation sites (tertiary alicyclic amines) is 1. The highest BCUT2D eigenvalue weighted by Gasteiger charge is 2.47. The molecule has 4 heterocycles. The van der Waals surface area contributed by atoms with Crippen molar-refractivity contribution >= 4 is 11.3 Å². The molecule has 2 aliphatic rings. The Hall–Kier alpha value is -1.57. The average Bonchev–Trinajstić information content (AvgIpc) is 3.00. The van der Waals surface area contributed by atoms with E-state index < -0.39 is 0 Å². The van der Waals surface area contributed by atoms with Gasteiger partial charge in [0.15, 0.2) is 0 Å². The molecule has 1 spiro atoms. The molecule has 0 aromatic carbocycles. The van der Waals surface area contributed by atoms with E-state index in [-0.39, 0.29) is 5.60 Å². The summed E-state index contributed by atoms with van der Waals surface area (Å²) in [5, 5.41) is 3.33. The zero-order valence-corrected chi connectivity index (χ0v) is 15.4. The summed E-state index contributed by atoms with van der Waals surface area (Å²) in [6, 6.07) is 0. The number of aryl methyl sites for hydroxylation is 1. The van der Waals surface area contributed by atoms with Crippen LogP contribution in [0, 0.1) is 12.8 Å². The molecule has 2 aromatic rings. The Balaban J connectivity index is 1.22. The van der Waals surface area contributed by atoms with Crippen LogP contribution in [0.4, 0.5) is 0 Å². The van der Waals surface area contributed by atoms with Crippen molar-refractivity contribution in [1.29, 1.82) is 0 Å². The first kappa shape index (κ1) is 16.9. The first-order valence-corrected chi connectivity index (χ1v) is 9.75. The topological polar surface area (TPSA) is 60.4 Å². The summed E-state index contributed by atoms with van der Waals surface area (Å²) in [6.45, 7) is 6.60. The van der Waals surface area contributed by atoms with Gasteiger partial charge < -0.3 is 9.47 Å². The minimum Gasteiger partial charge on any atom is -0.477 e. The minimum absolute atomic E-state index is 0.0573. The molecule has 7 heteroatoms. The normalized spacial score (nSPS) is 22.7. The van der Waals surface area contributed by atoms with Crippen LogP contribution in [-0.4, -0.2) is 51.8 Å². The average molecular weight is 360 g/mol. The molecule has 2 saturated heterocycles. The summed E-state index contributed by atoms with van der Waals surface area (Å²) < 4.78 is 11.8. The molecule has 0 aliphatic carbocycles.